The zero-order chi connectivity index (χ0) is 43.1. The van der Waals surface area contributed by atoms with Crippen LogP contribution in [0.5, 0.6) is 0 Å². The van der Waals surface area contributed by atoms with E-state index in [2.05, 4.69) is 266 Å². The van der Waals surface area contributed by atoms with E-state index in [1.807, 2.05) is 0 Å². The average Bonchev–Trinajstić information content (AvgIpc) is 3.38. The van der Waals surface area contributed by atoms with Gasteiger partial charge in [0.05, 0.1) is 0 Å². The summed E-state index contributed by atoms with van der Waals surface area (Å²) in [5, 5.41) is 9.96. The van der Waals surface area contributed by atoms with Crippen LogP contribution in [-0.4, -0.2) is 0 Å². The Labute approximate surface area is 379 Å². The standard InChI is InChI=1S/C64H43N/c1-4-20-44(21-5-1)51-26-10-11-27-52(51)64-59-34-18-16-32-57(59)62(58-33-17-19-35-60(58)64)46-38-36-45(37-39-46)61-53-28-12-14-30-55(53)63(56-31-15-13-29-54(56)61)47-40-42-50(43-41-47)65(48-22-6-2-7-23-48)49-24-8-3-9-25-49/h1-43H. The highest BCUT2D eigenvalue weighted by molar-refractivity contribution is 6.24. The molecule has 0 aliphatic carbocycles. The zero-order valence-electron chi connectivity index (χ0n) is 35.8. The third-order valence-electron chi connectivity index (χ3n) is 13.0. The van der Waals surface area contributed by atoms with Crippen molar-refractivity contribution in [3.8, 4) is 55.6 Å². The minimum Gasteiger partial charge on any atom is -0.311 e. The molecule has 65 heavy (non-hydrogen) atoms. The normalized spacial score (nSPS) is 11.4. The Bertz CT molecular complexity index is 3520. The minimum absolute atomic E-state index is 1.11. The molecular weight excluding hydrogens is 783 g/mol. The maximum absolute atomic E-state index is 2.34. The Morgan fingerprint density at radius 1 is 0.169 bits per heavy atom. The number of nitrogens with zero attached hydrogens (tertiary/aromatic N) is 1. The fourth-order valence-electron chi connectivity index (χ4n) is 10.2. The van der Waals surface area contributed by atoms with Crippen LogP contribution in [0, 0.1) is 0 Å². The van der Waals surface area contributed by atoms with E-state index in [0.717, 1.165) is 17.1 Å². The molecule has 0 atom stereocenters. The Morgan fingerprint density at radius 2 is 0.431 bits per heavy atom. The van der Waals surface area contributed by atoms with Gasteiger partial charge in [0.1, 0.15) is 0 Å². The van der Waals surface area contributed by atoms with E-state index in [4.69, 9.17) is 0 Å². The lowest BCUT2D eigenvalue weighted by Crippen LogP contribution is -2.09. The molecule has 304 valence electrons. The topological polar surface area (TPSA) is 3.24 Å². The van der Waals surface area contributed by atoms with Crippen molar-refractivity contribution in [2.75, 3.05) is 4.90 Å². The van der Waals surface area contributed by atoms with Crippen LogP contribution < -0.4 is 4.90 Å². The Morgan fingerprint density at radius 3 is 0.800 bits per heavy atom. The van der Waals surface area contributed by atoms with Crippen molar-refractivity contribution in [2.24, 2.45) is 0 Å². The summed E-state index contributed by atoms with van der Waals surface area (Å²) >= 11 is 0. The van der Waals surface area contributed by atoms with Crippen molar-refractivity contribution < 1.29 is 0 Å². The lowest BCUT2D eigenvalue weighted by molar-refractivity contribution is 1.28. The molecule has 0 aromatic heterocycles. The highest BCUT2D eigenvalue weighted by atomic mass is 15.1. The maximum Gasteiger partial charge on any atom is 0.0462 e. The van der Waals surface area contributed by atoms with Crippen LogP contribution in [0.3, 0.4) is 0 Å². The van der Waals surface area contributed by atoms with E-state index in [9.17, 15) is 0 Å². The smallest absolute Gasteiger partial charge is 0.0462 e. The Kier molecular flexibility index (Phi) is 9.58. The lowest BCUT2D eigenvalue weighted by atomic mass is 9.83. The largest absolute Gasteiger partial charge is 0.311 e. The van der Waals surface area contributed by atoms with E-state index >= 15 is 0 Å². The molecule has 0 aliphatic rings. The molecular formula is C64H43N. The van der Waals surface area contributed by atoms with Crippen molar-refractivity contribution in [2.45, 2.75) is 0 Å². The van der Waals surface area contributed by atoms with Crippen molar-refractivity contribution in [1.29, 1.82) is 0 Å². The maximum atomic E-state index is 2.34. The molecule has 0 unspecified atom stereocenters. The van der Waals surface area contributed by atoms with Crippen molar-refractivity contribution in [3.05, 3.63) is 261 Å². The van der Waals surface area contributed by atoms with Crippen LogP contribution >= 0.6 is 0 Å². The predicted molar refractivity (Wildman–Crippen MR) is 278 cm³/mol. The van der Waals surface area contributed by atoms with Crippen molar-refractivity contribution in [3.63, 3.8) is 0 Å². The van der Waals surface area contributed by atoms with Crippen LogP contribution in [0.4, 0.5) is 17.1 Å². The highest BCUT2D eigenvalue weighted by Crippen LogP contribution is 2.48. The Balaban J connectivity index is 0.991. The molecule has 0 saturated heterocycles. The van der Waals surface area contributed by atoms with Crippen LogP contribution in [0.25, 0.3) is 98.7 Å². The van der Waals surface area contributed by atoms with Gasteiger partial charge in [0, 0.05) is 17.1 Å². The second-order valence-corrected chi connectivity index (χ2v) is 16.7. The third kappa shape index (κ3) is 6.65. The fourth-order valence-corrected chi connectivity index (χ4v) is 10.2. The molecule has 1 heteroatoms. The SMILES string of the molecule is c1ccc(-c2ccccc2-c2c3ccccc3c(-c3ccc(-c4c5ccccc5c(-c5ccc(N(c6ccccc6)c6ccccc6)cc5)c5ccccc45)cc3)c3ccccc23)cc1. The summed E-state index contributed by atoms with van der Waals surface area (Å²) in [6.45, 7) is 0. The van der Waals surface area contributed by atoms with Crippen LogP contribution in [0.2, 0.25) is 0 Å². The average molecular weight is 826 g/mol. The second-order valence-electron chi connectivity index (χ2n) is 16.7. The first-order valence-corrected chi connectivity index (χ1v) is 22.4. The molecule has 0 bridgehead atoms. The molecule has 1 nitrogen and oxygen atoms in total. The number of para-hydroxylation sites is 2. The summed E-state index contributed by atoms with van der Waals surface area (Å²) in [6.07, 6.45) is 0. The van der Waals surface area contributed by atoms with E-state index < -0.39 is 0 Å². The Hall–Kier alpha value is -8.52. The van der Waals surface area contributed by atoms with Gasteiger partial charge in [-0.25, -0.2) is 0 Å². The van der Waals surface area contributed by atoms with Gasteiger partial charge in [-0.3, -0.25) is 0 Å². The highest BCUT2D eigenvalue weighted by Gasteiger charge is 2.21. The van der Waals surface area contributed by atoms with E-state index in [1.54, 1.807) is 0 Å². The lowest BCUT2D eigenvalue weighted by Gasteiger charge is -2.25. The summed E-state index contributed by atoms with van der Waals surface area (Å²) in [7, 11) is 0. The molecule has 0 amide bonds. The van der Waals surface area contributed by atoms with Gasteiger partial charge in [0.15, 0.2) is 0 Å². The van der Waals surface area contributed by atoms with E-state index in [0.29, 0.717) is 0 Å². The first kappa shape index (κ1) is 38.2. The molecule has 0 aliphatic heterocycles. The van der Waals surface area contributed by atoms with Gasteiger partial charge in [-0.1, -0.05) is 224 Å². The second kappa shape index (κ2) is 16.3. The number of anilines is 3. The van der Waals surface area contributed by atoms with Gasteiger partial charge < -0.3 is 4.90 Å². The molecule has 0 heterocycles. The van der Waals surface area contributed by atoms with Crippen LogP contribution in [0.15, 0.2) is 261 Å². The summed E-state index contributed by atoms with van der Waals surface area (Å²) < 4.78 is 0. The summed E-state index contributed by atoms with van der Waals surface area (Å²) in [4.78, 5) is 2.32. The van der Waals surface area contributed by atoms with E-state index in [-0.39, 0.29) is 0 Å². The van der Waals surface area contributed by atoms with Gasteiger partial charge in [-0.15, -0.1) is 0 Å². The molecule has 12 rings (SSSR count). The molecule has 0 spiro atoms. The number of hydrogen-bond donors (Lipinski definition) is 0. The third-order valence-corrected chi connectivity index (χ3v) is 13.0. The van der Waals surface area contributed by atoms with Gasteiger partial charge in [-0.05, 0) is 135 Å². The summed E-state index contributed by atoms with van der Waals surface area (Å²) in [5.41, 5.74) is 15.7. The summed E-state index contributed by atoms with van der Waals surface area (Å²) in [5.74, 6) is 0. The molecule has 0 radical (unpaired) electrons. The molecule has 0 saturated carbocycles. The van der Waals surface area contributed by atoms with Crippen LogP contribution in [-0.2, 0) is 0 Å². The van der Waals surface area contributed by atoms with Gasteiger partial charge in [-0.2, -0.15) is 0 Å². The number of fused-ring (bicyclic) bond motifs is 4. The molecule has 0 fully saturated rings. The van der Waals surface area contributed by atoms with Gasteiger partial charge in [0.25, 0.3) is 0 Å². The monoisotopic (exact) mass is 825 g/mol. The van der Waals surface area contributed by atoms with Gasteiger partial charge in [0.2, 0.25) is 0 Å². The molecule has 0 N–H and O–H groups in total. The zero-order valence-corrected chi connectivity index (χ0v) is 35.8. The van der Waals surface area contributed by atoms with Crippen molar-refractivity contribution >= 4 is 60.2 Å². The number of hydrogen-bond acceptors (Lipinski definition) is 1. The number of benzene rings is 12. The van der Waals surface area contributed by atoms with E-state index in [1.165, 1.54) is 98.7 Å². The predicted octanol–water partition coefficient (Wildman–Crippen LogP) is 18.1. The quantitative estimate of drug-likeness (QED) is 0.138. The first-order chi connectivity index (χ1) is 32.3. The van der Waals surface area contributed by atoms with Gasteiger partial charge >= 0.3 is 0 Å². The first-order valence-electron chi connectivity index (χ1n) is 22.4. The summed E-state index contributed by atoms with van der Waals surface area (Å²) in [6, 6.07) is 95.0. The molecule has 12 aromatic rings. The minimum atomic E-state index is 1.11. The number of rotatable bonds is 8. The fraction of sp³-hybridized carbons (Fsp3) is 0. The van der Waals surface area contributed by atoms with Crippen molar-refractivity contribution in [1.82, 2.24) is 0 Å². The molecule has 12 aromatic carbocycles. The van der Waals surface area contributed by atoms with Crippen LogP contribution in [0.1, 0.15) is 0 Å².